The third-order valence-electron chi connectivity index (χ3n) is 2.80. The number of rotatable bonds is 8. The van der Waals surface area contributed by atoms with E-state index in [1.165, 1.54) is 25.7 Å². The van der Waals surface area contributed by atoms with Crippen molar-refractivity contribution in [2.24, 2.45) is 0 Å². The van der Waals surface area contributed by atoms with Crippen LogP contribution in [0.5, 0.6) is 5.75 Å². The van der Waals surface area contributed by atoms with E-state index in [4.69, 9.17) is 16.3 Å². The molecule has 0 saturated heterocycles. The second-order valence-corrected chi connectivity index (χ2v) is 4.91. The molecule has 0 aliphatic carbocycles. The average Bonchev–Trinajstić information content (AvgIpc) is 2.43. The summed E-state index contributed by atoms with van der Waals surface area (Å²) in [6, 6.07) is 7.96. The highest BCUT2D eigenvalue weighted by Gasteiger charge is 1.95. The molecule has 0 atom stereocenters. The first-order valence-corrected chi connectivity index (χ1v) is 7.68. The fraction of sp³-hybridized carbons (Fsp3) is 0.529. The van der Waals surface area contributed by atoms with Gasteiger partial charge in [-0.3, -0.25) is 0 Å². The van der Waals surface area contributed by atoms with Crippen LogP contribution in [0.3, 0.4) is 0 Å². The fourth-order valence-corrected chi connectivity index (χ4v) is 1.87. The van der Waals surface area contributed by atoms with Crippen LogP contribution in [0.2, 0.25) is 0 Å². The van der Waals surface area contributed by atoms with Gasteiger partial charge in [0.15, 0.2) is 0 Å². The van der Waals surface area contributed by atoms with Crippen LogP contribution in [-0.2, 0) is 0 Å². The second kappa shape index (κ2) is 10.8. The highest BCUT2D eigenvalue weighted by atomic mass is 35.5. The third kappa shape index (κ3) is 7.80. The van der Waals surface area contributed by atoms with E-state index < -0.39 is 0 Å². The Balaban J connectivity index is 2.30. The Kier molecular flexibility index (Phi) is 9.02. The zero-order valence-electron chi connectivity index (χ0n) is 11.8. The van der Waals surface area contributed by atoms with Crippen LogP contribution >= 0.6 is 11.6 Å². The van der Waals surface area contributed by atoms with Crippen LogP contribution in [0.1, 0.15) is 51.0 Å². The number of hydrogen-bond donors (Lipinski definition) is 0. The summed E-state index contributed by atoms with van der Waals surface area (Å²) < 4.78 is 5.74. The lowest BCUT2D eigenvalue weighted by molar-refractivity contribution is 0.304. The van der Waals surface area contributed by atoms with Crippen LogP contribution < -0.4 is 4.74 Å². The van der Waals surface area contributed by atoms with Gasteiger partial charge < -0.3 is 4.74 Å². The van der Waals surface area contributed by atoms with Crippen LogP contribution in [0.25, 0.3) is 0 Å². The first-order valence-electron chi connectivity index (χ1n) is 7.14. The summed E-state index contributed by atoms with van der Waals surface area (Å²) in [4.78, 5) is 0. The molecular weight excluding hydrogens is 256 g/mol. The van der Waals surface area contributed by atoms with Gasteiger partial charge in [-0.05, 0) is 24.6 Å². The molecule has 0 amide bonds. The van der Waals surface area contributed by atoms with Crippen molar-refractivity contribution in [3.8, 4) is 17.6 Å². The van der Waals surface area contributed by atoms with E-state index in [-0.39, 0.29) is 0 Å². The van der Waals surface area contributed by atoms with E-state index in [0.717, 1.165) is 30.8 Å². The van der Waals surface area contributed by atoms with Crippen LogP contribution in [0, 0.1) is 11.8 Å². The Morgan fingerprint density at radius 1 is 1.16 bits per heavy atom. The SMILES string of the molecule is CCCCCCCOc1cccc(C#CCCCl)c1. The number of alkyl halides is 1. The van der Waals surface area contributed by atoms with Crippen LogP contribution in [0.15, 0.2) is 24.3 Å². The summed E-state index contributed by atoms with van der Waals surface area (Å²) in [7, 11) is 0. The monoisotopic (exact) mass is 278 g/mol. The number of benzene rings is 1. The van der Waals surface area contributed by atoms with Crippen LogP contribution in [0.4, 0.5) is 0 Å². The van der Waals surface area contributed by atoms with Gasteiger partial charge in [0.05, 0.1) is 6.61 Å². The van der Waals surface area contributed by atoms with E-state index in [1.807, 2.05) is 24.3 Å². The van der Waals surface area contributed by atoms with Gasteiger partial charge in [0.2, 0.25) is 0 Å². The van der Waals surface area contributed by atoms with Gasteiger partial charge in [-0.15, -0.1) is 11.6 Å². The quantitative estimate of drug-likeness (QED) is 0.369. The Labute approximate surface area is 122 Å². The first-order chi connectivity index (χ1) is 9.36. The summed E-state index contributed by atoms with van der Waals surface area (Å²) in [5.41, 5.74) is 0.994. The molecule has 1 aromatic carbocycles. The van der Waals surface area contributed by atoms with Gasteiger partial charge in [-0.2, -0.15) is 0 Å². The Morgan fingerprint density at radius 2 is 2.00 bits per heavy atom. The lowest BCUT2D eigenvalue weighted by Crippen LogP contribution is -1.97. The smallest absolute Gasteiger partial charge is 0.120 e. The van der Waals surface area contributed by atoms with Crippen molar-refractivity contribution in [3.05, 3.63) is 29.8 Å². The predicted octanol–water partition coefficient (Wildman–Crippen LogP) is 5.02. The maximum atomic E-state index is 5.74. The standard InChI is InChI=1S/C17H23ClO/c1-2-3-4-5-8-14-19-17-12-9-11-16(15-17)10-6-7-13-18/h9,11-12,15H,2-5,7-8,13-14H2,1H3. The van der Waals surface area contributed by atoms with Crippen molar-refractivity contribution in [2.75, 3.05) is 12.5 Å². The molecule has 0 unspecified atom stereocenters. The topological polar surface area (TPSA) is 9.23 Å². The third-order valence-corrected chi connectivity index (χ3v) is 2.99. The summed E-state index contributed by atoms with van der Waals surface area (Å²) in [6.45, 7) is 3.02. The van der Waals surface area contributed by atoms with Gasteiger partial charge in [0.1, 0.15) is 5.75 Å². The lowest BCUT2D eigenvalue weighted by Gasteiger charge is -2.06. The van der Waals surface area contributed by atoms with E-state index >= 15 is 0 Å². The second-order valence-electron chi connectivity index (χ2n) is 4.53. The maximum absolute atomic E-state index is 5.74. The van der Waals surface area contributed by atoms with E-state index in [0.29, 0.717) is 5.88 Å². The van der Waals surface area contributed by atoms with Gasteiger partial charge in [0, 0.05) is 17.9 Å². The van der Waals surface area contributed by atoms with Gasteiger partial charge in [-0.1, -0.05) is 50.5 Å². The molecule has 1 nitrogen and oxygen atoms in total. The minimum Gasteiger partial charge on any atom is -0.494 e. The highest BCUT2D eigenvalue weighted by molar-refractivity contribution is 6.18. The van der Waals surface area contributed by atoms with Gasteiger partial charge in [-0.25, -0.2) is 0 Å². The normalized spacial score (nSPS) is 9.79. The van der Waals surface area contributed by atoms with Gasteiger partial charge in [0.25, 0.3) is 0 Å². The summed E-state index contributed by atoms with van der Waals surface area (Å²) in [5.74, 6) is 7.62. The van der Waals surface area contributed by atoms with Crippen molar-refractivity contribution in [2.45, 2.75) is 45.4 Å². The van der Waals surface area contributed by atoms with Crippen LogP contribution in [-0.4, -0.2) is 12.5 Å². The summed E-state index contributed by atoms with van der Waals surface area (Å²) >= 11 is 5.59. The minimum absolute atomic E-state index is 0.584. The molecule has 0 aromatic heterocycles. The number of unbranched alkanes of at least 4 members (excludes halogenated alkanes) is 4. The summed E-state index contributed by atoms with van der Waals surface area (Å²) in [6.07, 6.45) is 7.02. The molecule has 0 bridgehead atoms. The molecule has 0 aliphatic rings. The van der Waals surface area contributed by atoms with E-state index in [2.05, 4.69) is 18.8 Å². The molecule has 1 aromatic rings. The molecule has 0 N–H and O–H groups in total. The largest absolute Gasteiger partial charge is 0.494 e. The van der Waals surface area contributed by atoms with E-state index in [9.17, 15) is 0 Å². The molecule has 104 valence electrons. The van der Waals surface area contributed by atoms with Crippen molar-refractivity contribution < 1.29 is 4.74 Å². The maximum Gasteiger partial charge on any atom is 0.120 e. The van der Waals surface area contributed by atoms with Gasteiger partial charge >= 0.3 is 0 Å². The first kappa shape index (κ1) is 15.9. The van der Waals surface area contributed by atoms with E-state index in [1.54, 1.807) is 0 Å². The molecular formula is C17H23ClO. The number of halogens is 1. The molecule has 0 saturated carbocycles. The molecule has 0 spiro atoms. The molecule has 2 heteroatoms. The van der Waals surface area contributed by atoms with Crippen molar-refractivity contribution in [1.82, 2.24) is 0 Å². The average molecular weight is 279 g/mol. The molecule has 0 aliphatic heterocycles. The number of hydrogen-bond acceptors (Lipinski definition) is 1. The van der Waals surface area contributed by atoms with Crippen molar-refractivity contribution in [3.63, 3.8) is 0 Å². The molecule has 0 heterocycles. The lowest BCUT2D eigenvalue weighted by atomic mass is 10.2. The zero-order valence-corrected chi connectivity index (χ0v) is 12.5. The molecule has 0 radical (unpaired) electrons. The minimum atomic E-state index is 0.584. The Bertz CT molecular complexity index is 403. The molecule has 0 fully saturated rings. The zero-order chi connectivity index (χ0) is 13.8. The summed E-state index contributed by atoms with van der Waals surface area (Å²) in [5, 5.41) is 0. The molecule has 1 rings (SSSR count). The highest BCUT2D eigenvalue weighted by Crippen LogP contribution is 2.13. The number of ether oxygens (including phenoxy) is 1. The Morgan fingerprint density at radius 3 is 2.79 bits per heavy atom. The molecule has 19 heavy (non-hydrogen) atoms. The van der Waals surface area contributed by atoms with Crippen molar-refractivity contribution >= 4 is 11.6 Å². The van der Waals surface area contributed by atoms with Crippen molar-refractivity contribution in [1.29, 1.82) is 0 Å². The Hall–Kier alpha value is -1.13. The fourth-order valence-electron chi connectivity index (χ4n) is 1.77. The predicted molar refractivity (Wildman–Crippen MR) is 82.9 cm³/mol.